The Balaban J connectivity index is 1.67. The molecule has 1 nitrogen and oxygen atoms in total. The van der Waals surface area contributed by atoms with E-state index in [1.54, 1.807) is 0 Å². The molecule has 0 amide bonds. The highest BCUT2D eigenvalue weighted by Gasteiger charge is 2.22. The van der Waals surface area contributed by atoms with Gasteiger partial charge in [0, 0.05) is 16.0 Å². The number of aryl methyl sites for hydroxylation is 2. The Morgan fingerprint density at radius 2 is 1.90 bits per heavy atom. The van der Waals surface area contributed by atoms with Gasteiger partial charge in [-0.15, -0.1) is 23.4 Å². The van der Waals surface area contributed by atoms with Crippen molar-refractivity contribution in [2.24, 2.45) is 0 Å². The predicted octanol–water partition coefficient (Wildman–Crippen LogP) is 5.14. The zero-order valence-electron chi connectivity index (χ0n) is 12.4. The van der Waals surface area contributed by atoms with E-state index in [9.17, 15) is 0 Å². The lowest BCUT2D eigenvalue weighted by atomic mass is 10.1. The second-order valence-corrected chi connectivity index (χ2v) is 7.16. The lowest BCUT2D eigenvalue weighted by Gasteiger charge is -2.16. The molecule has 21 heavy (non-hydrogen) atoms. The van der Waals surface area contributed by atoms with Gasteiger partial charge in [0.2, 0.25) is 0 Å². The molecule has 110 valence electrons. The summed E-state index contributed by atoms with van der Waals surface area (Å²) in [4.78, 5) is 1.40. The number of rotatable bonds is 4. The van der Waals surface area contributed by atoms with E-state index in [0.29, 0.717) is 11.1 Å². The molecule has 0 aromatic heterocycles. The summed E-state index contributed by atoms with van der Waals surface area (Å²) in [6.07, 6.45) is 1.10. The van der Waals surface area contributed by atoms with Crippen LogP contribution >= 0.6 is 23.4 Å². The van der Waals surface area contributed by atoms with Gasteiger partial charge in [0.05, 0.1) is 0 Å². The second kappa shape index (κ2) is 6.33. The van der Waals surface area contributed by atoms with Crippen molar-refractivity contribution in [1.82, 2.24) is 0 Å². The Kier molecular flexibility index (Phi) is 4.46. The van der Waals surface area contributed by atoms with Gasteiger partial charge in [-0.25, -0.2) is 0 Å². The summed E-state index contributed by atoms with van der Waals surface area (Å²) in [7, 11) is 0. The third-order valence-corrected chi connectivity index (χ3v) is 5.40. The van der Waals surface area contributed by atoms with Crippen molar-refractivity contribution in [2.45, 2.75) is 36.3 Å². The first kappa shape index (κ1) is 14.8. The lowest BCUT2D eigenvalue weighted by molar-refractivity contribution is 0.313. The van der Waals surface area contributed by atoms with Crippen LogP contribution in [-0.4, -0.2) is 11.9 Å². The fourth-order valence-electron chi connectivity index (χ4n) is 2.87. The standard InChI is InChI=1S/C18H19ClOS/c1-12-7-14(10-19)8-13(2)18(12)20-11-16-9-15-5-3-4-6-17(15)21-16/h3-8,16H,9-11H2,1-2H3. The molecule has 1 heterocycles. The maximum atomic E-state index is 6.12. The van der Waals surface area contributed by atoms with Gasteiger partial charge < -0.3 is 4.74 Å². The van der Waals surface area contributed by atoms with Crippen molar-refractivity contribution < 1.29 is 4.74 Å². The predicted molar refractivity (Wildman–Crippen MR) is 90.8 cm³/mol. The van der Waals surface area contributed by atoms with Crippen LogP contribution in [0, 0.1) is 13.8 Å². The Morgan fingerprint density at radius 3 is 2.57 bits per heavy atom. The highest BCUT2D eigenvalue weighted by molar-refractivity contribution is 8.00. The van der Waals surface area contributed by atoms with E-state index in [1.165, 1.54) is 21.6 Å². The first-order valence-electron chi connectivity index (χ1n) is 7.21. The molecular weight excluding hydrogens is 300 g/mol. The molecule has 3 rings (SSSR count). The van der Waals surface area contributed by atoms with Crippen LogP contribution in [0.2, 0.25) is 0 Å². The van der Waals surface area contributed by atoms with Gasteiger partial charge >= 0.3 is 0 Å². The average molecular weight is 319 g/mol. The van der Waals surface area contributed by atoms with Crippen LogP contribution in [0.15, 0.2) is 41.3 Å². The van der Waals surface area contributed by atoms with Gasteiger partial charge in [0.1, 0.15) is 12.4 Å². The van der Waals surface area contributed by atoms with Gasteiger partial charge in [-0.2, -0.15) is 0 Å². The van der Waals surface area contributed by atoms with E-state index in [-0.39, 0.29) is 0 Å². The minimum Gasteiger partial charge on any atom is -0.492 e. The Labute approximate surface area is 135 Å². The normalized spacial score (nSPS) is 16.8. The molecule has 0 aliphatic carbocycles. The number of hydrogen-bond acceptors (Lipinski definition) is 2. The number of alkyl halides is 1. The first-order chi connectivity index (χ1) is 10.2. The lowest BCUT2D eigenvalue weighted by Crippen LogP contribution is -2.14. The fourth-order valence-corrected chi connectivity index (χ4v) is 4.24. The van der Waals surface area contributed by atoms with Crippen molar-refractivity contribution in [3.8, 4) is 5.75 Å². The molecular formula is C18H19ClOS. The molecule has 1 aliphatic rings. The van der Waals surface area contributed by atoms with Crippen molar-refractivity contribution in [3.63, 3.8) is 0 Å². The smallest absolute Gasteiger partial charge is 0.125 e. The molecule has 0 radical (unpaired) electrons. The van der Waals surface area contributed by atoms with Crippen LogP contribution in [0.5, 0.6) is 5.75 Å². The largest absolute Gasteiger partial charge is 0.492 e. The molecule has 0 saturated heterocycles. The third kappa shape index (κ3) is 3.22. The zero-order valence-corrected chi connectivity index (χ0v) is 13.9. The second-order valence-electron chi connectivity index (χ2n) is 5.56. The van der Waals surface area contributed by atoms with Gasteiger partial charge in [-0.1, -0.05) is 30.3 Å². The Morgan fingerprint density at radius 1 is 1.19 bits per heavy atom. The third-order valence-electron chi connectivity index (χ3n) is 3.80. The molecule has 0 N–H and O–H groups in total. The summed E-state index contributed by atoms with van der Waals surface area (Å²) in [5.41, 5.74) is 4.95. The van der Waals surface area contributed by atoms with Crippen molar-refractivity contribution >= 4 is 23.4 Å². The SMILES string of the molecule is Cc1cc(CCl)cc(C)c1OCC1Cc2ccccc2S1. The molecule has 1 atom stereocenters. The minimum atomic E-state index is 0.508. The minimum absolute atomic E-state index is 0.508. The van der Waals surface area contributed by atoms with Crippen molar-refractivity contribution in [1.29, 1.82) is 0 Å². The van der Waals surface area contributed by atoms with Crippen LogP contribution in [0.3, 0.4) is 0 Å². The highest BCUT2D eigenvalue weighted by atomic mass is 35.5. The number of halogens is 1. The summed E-state index contributed by atoms with van der Waals surface area (Å²) < 4.78 is 6.12. The summed E-state index contributed by atoms with van der Waals surface area (Å²) in [6.45, 7) is 4.94. The fraction of sp³-hybridized carbons (Fsp3) is 0.333. The highest BCUT2D eigenvalue weighted by Crippen LogP contribution is 2.37. The molecule has 2 aromatic carbocycles. The van der Waals surface area contributed by atoms with Gasteiger partial charge in [0.25, 0.3) is 0 Å². The number of ether oxygens (including phenoxy) is 1. The first-order valence-corrected chi connectivity index (χ1v) is 8.62. The topological polar surface area (TPSA) is 9.23 Å². The molecule has 1 aliphatic heterocycles. The van der Waals surface area contributed by atoms with E-state index in [4.69, 9.17) is 16.3 Å². The van der Waals surface area contributed by atoms with Crippen molar-refractivity contribution in [2.75, 3.05) is 6.61 Å². The number of thioether (sulfide) groups is 1. The maximum Gasteiger partial charge on any atom is 0.125 e. The van der Waals surface area contributed by atoms with Crippen LogP contribution in [-0.2, 0) is 12.3 Å². The molecule has 1 unspecified atom stereocenters. The number of fused-ring (bicyclic) bond motifs is 1. The molecule has 0 bridgehead atoms. The summed E-state index contributed by atoms with van der Waals surface area (Å²) in [6, 6.07) is 12.9. The Hall–Kier alpha value is -1.12. The monoisotopic (exact) mass is 318 g/mol. The summed E-state index contributed by atoms with van der Waals surface area (Å²) in [5.74, 6) is 1.57. The Bertz CT molecular complexity index is 605. The zero-order chi connectivity index (χ0) is 14.8. The maximum absolute atomic E-state index is 6.12. The van der Waals surface area contributed by atoms with Gasteiger partial charge in [-0.3, -0.25) is 0 Å². The van der Waals surface area contributed by atoms with E-state index < -0.39 is 0 Å². The van der Waals surface area contributed by atoms with E-state index in [2.05, 4.69) is 50.2 Å². The van der Waals surface area contributed by atoms with E-state index in [0.717, 1.165) is 24.3 Å². The van der Waals surface area contributed by atoms with E-state index >= 15 is 0 Å². The van der Waals surface area contributed by atoms with Crippen molar-refractivity contribution in [3.05, 3.63) is 58.7 Å². The van der Waals surface area contributed by atoms with Crippen LogP contribution in [0.1, 0.15) is 22.3 Å². The molecule has 2 aromatic rings. The molecule has 3 heteroatoms. The van der Waals surface area contributed by atoms with Gasteiger partial charge in [0.15, 0.2) is 0 Å². The number of benzene rings is 2. The molecule has 0 saturated carbocycles. The number of hydrogen-bond donors (Lipinski definition) is 0. The van der Waals surface area contributed by atoms with Gasteiger partial charge in [-0.05, 0) is 48.6 Å². The van der Waals surface area contributed by atoms with E-state index in [1.807, 2.05) is 11.8 Å². The average Bonchev–Trinajstić information content (AvgIpc) is 2.88. The van der Waals surface area contributed by atoms with Crippen LogP contribution in [0.25, 0.3) is 0 Å². The molecule has 0 spiro atoms. The summed E-state index contributed by atoms with van der Waals surface area (Å²) in [5, 5.41) is 0.508. The van der Waals surface area contributed by atoms with Crippen LogP contribution < -0.4 is 4.74 Å². The quantitative estimate of drug-likeness (QED) is 0.722. The summed E-state index contributed by atoms with van der Waals surface area (Å²) >= 11 is 7.84. The molecule has 0 fully saturated rings. The van der Waals surface area contributed by atoms with Crippen LogP contribution in [0.4, 0.5) is 0 Å².